The molecule has 4 rings (SSSR count). The van der Waals surface area contributed by atoms with Gasteiger partial charge in [-0.25, -0.2) is 5.43 Å². The number of hydrogen-bond acceptors (Lipinski definition) is 5. The molecule has 0 saturated carbocycles. The van der Waals surface area contributed by atoms with E-state index in [1.54, 1.807) is 6.08 Å². The Kier molecular flexibility index (Phi) is 5.66. The third-order valence-corrected chi connectivity index (χ3v) is 5.21. The molecule has 1 aliphatic heterocycles. The van der Waals surface area contributed by atoms with Crippen molar-refractivity contribution in [3.05, 3.63) is 82.9 Å². The van der Waals surface area contributed by atoms with Crippen molar-refractivity contribution >= 4 is 23.1 Å². The minimum absolute atomic E-state index is 0.182. The molecule has 0 aliphatic carbocycles. The minimum Gasteiger partial charge on any atom is -0.504 e. The van der Waals surface area contributed by atoms with Gasteiger partial charge in [0.05, 0.1) is 0 Å². The van der Waals surface area contributed by atoms with Crippen molar-refractivity contribution in [2.75, 3.05) is 11.9 Å². The number of hydrogen-bond donors (Lipinski definition) is 5. The van der Waals surface area contributed by atoms with Crippen LogP contribution in [-0.2, 0) is 4.79 Å². The van der Waals surface area contributed by atoms with Crippen molar-refractivity contribution in [1.82, 2.24) is 10.9 Å². The molecule has 0 aromatic heterocycles. The maximum Gasteiger partial charge on any atom is 0.265 e. The van der Waals surface area contributed by atoms with Crippen LogP contribution in [0.15, 0.2) is 60.7 Å². The molecular formula is C25H23N3O4. The number of benzene rings is 3. The first-order chi connectivity index (χ1) is 15.3. The van der Waals surface area contributed by atoms with Crippen molar-refractivity contribution in [2.24, 2.45) is 0 Å². The van der Waals surface area contributed by atoms with E-state index in [1.165, 1.54) is 18.2 Å². The Hall–Kier alpha value is -4.10. The van der Waals surface area contributed by atoms with E-state index in [4.69, 9.17) is 0 Å². The Bertz CT molecular complexity index is 1240. The standard InChI is InChI=1S/C25H23N3O4/c1-14-10-15(2)12-17(11-14)18-4-3-5-20-23(18)19(25(32)27-20)8-9-26-28-24(31)16-6-7-21(29)22(30)13-16/h3-8,10-13,26,29-30H,9H2,1-2H3,(H,27,32)(H,28,31). The van der Waals surface area contributed by atoms with Gasteiger partial charge in [-0.15, -0.1) is 0 Å². The largest absolute Gasteiger partial charge is 0.504 e. The van der Waals surface area contributed by atoms with E-state index in [2.05, 4.69) is 34.4 Å². The fourth-order valence-electron chi connectivity index (χ4n) is 3.84. The van der Waals surface area contributed by atoms with Crippen LogP contribution in [0.4, 0.5) is 5.69 Å². The van der Waals surface area contributed by atoms with Crippen LogP contribution in [0.5, 0.6) is 11.5 Å². The minimum atomic E-state index is -0.481. The van der Waals surface area contributed by atoms with Gasteiger partial charge < -0.3 is 15.5 Å². The highest BCUT2D eigenvalue weighted by Gasteiger charge is 2.27. The summed E-state index contributed by atoms with van der Waals surface area (Å²) >= 11 is 0. The lowest BCUT2D eigenvalue weighted by Gasteiger charge is -2.11. The lowest BCUT2D eigenvalue weighted by Crippen LogP contribution is -2.37. The van der Waals surface area contributed by atoms with E-state index >= 15 is 0 Å². The van der Waals surface area contributed by atoms with Crippen molar-refractivity contribution in [2.45, 2.75) is 13.8 Å². The van der Waals surface area contributed by atoms with E-state index in [-0.39, 0.29) is 29.5 Å². The third kappa shape index (κ3) is 4.19. The van der Waals surface area contributed by atoms with Gasteiger partial charge in [0.2, 0.25) is 0 Å². The Labute approximate surface area is 185 Å². The van der Waals surface area contributed by atoms with Crippen LogP contribution < -0.4 is 16.2 Å². The average Bonchev–Trinajstić information content (AvgIpc) is 3.07. The molecule has 7 nitrogen and oxygen atoms in total. The van der Waals surface area contributed by atoms with Crippen LogP contribution in [0.2, 0.25) is 0 Å². The van der Waals surface area contributed by atoms with Gasteiger partial charge in [0.25, 0.3) is 11.8 Å². The van der Waals surface area contributed by atoms with Crippen LogP contribution in [0.25, 0.3) is 16.7 Å². The molecule has 0 bridgehead atoms. The summed E-state index contributed by atoms with van der Waals surface area (Å²) in [7, 11) is 0. The Morgan fingerprint density at radius 1 is 1.00 bits per heavy atom. The molecule has 3 aromatic rings. The number of hydrazine groups is 1. The van der Waals surface area contributed by atoms with Gasteiger partial charge in [0, 0.05) is 28.9 Å². The smallest absolute Gasteiger partial charge is 0.265 e. The van der Waals surface area contributed by atoms with Gasteiger partial charge in [-0.2, -0.15) is 0 Å². The molecule has 5 N–H and O–H groups in total. The summed E-state index contributed by atoms with van der Waals surface area (Å²) in [5.74, 6) is -1.36. The molecular weight excluding hydrogens is 406 g/mol. The van der Waals surface area contributed by atoms with Gasteiger partial charge in [-0.05, 0) is 49.2 Å². The summed E-state index contributed by atoms with van der Waals surface area (Å²) in [6.07, 6.45) is 1.72. The van der Waals surface area contributed by atoms with Crippen molar-refractivity contribution < 1.29 is 19.8 Å². The molecule has 7 heteroatoms. The van der Waals surface area contributed by atoms with Gasteiger partial charge in [-0.3, -0.25) is 15.0 Å². The number of anilines is 1. The Morgan fingerprint density at radius 2 is 1.75 bits per heavy atom. The number of rotatable bonds is 5. The molecule has 0 radical (unpaired) electrons. The third-order valence-electron chi connectivity index (χ3n) is 5.21. The second kappa shape index (κ2) is 8.56. The second-order valence-corrected chi connectivity index (χ2v) is 7.71. The molecule has 0 atom stereocenters. The summed E-state index contributed by atoms with van der Waals surface area (Å²) in [4.78, 5) is 24.8. The Balaban J connectivity index is 1.54. The molecule has 0 fully saturated rings. The average molecular weight is 429 g/mol. The monoisotopic (exact) mass is 429 g/mol. The highest BCUT2D eigenvalue weighted by Crippen LogP contribution is 2.39. The lowest BCUT2D eigenvalue weighted by atomic mass is 9.93. The molecule has 3 aromatic carbocycles. The second-order valence-electron chi connectivity index (χ2n) is 7.71. The SMILES string of the molecule is Cc1cc(C)cc(-c2cccc3c2C(=CCNNC(=O)c2ccc(O)c(O)c2)C(=O)N3)c1. The zero-order chi connectivity index (χ0) is 22.8. The van der Waals surface area contributed by atoms with Crippen LogP contribution in [0.1, 0.15) is 27.0 Å². The number of carbonyl (C=O) groups is 2. The van der Waals surface area contributed by atoms with Crippen LogP contribution in [0, 0.1) is 13.8 Å². The number of fused-ring (bicyclic) bond motifs is 1. The zero-order valence-electron chi connectivity index (χ0n) is 17.7. The number of carbonyl (C=O) groups excluding carboxylic acids is 2. The topological polar surface area (TPSA) is 111 Å². The maximum absolute atomic E-state index is 12.6. The molecule has 0 unspecified atom stereocenters. The molecule has 2 amide bonds. The number of nitrogens with one attached hydrogen (secondary N) is 3. The normalized spacial score (nSPS) is 13.7. The Morgan fingerprint density at radius 3 is 2.47 bits per heavy atom. The van der Waals surface area contributed by atoms with Gasteiger partial charge in [0.15, 0.2) is 11.5 Å². The number of aromatic hydroxyl groups is 2. The maximum atomic E-state index is 12.6. The van der Waals surface area contributed by atoms with Crippen LogP contribution in [-0.4, -0.2) is 28.6 Å². The van der Waals surface area contributed by atoms with E-state index in [0.717, 1.165) is 33.5 Å². The van der Waals surface area contributed by atoms with E-state index in [1.807, 2.05) is 32.0 Å². The number of amides is 2. The van der Waals surface area contributed by atoms with Gasteiger partial charge >= 0.3 is 0 Å². The number of phenols is 2. The fourth-order valence-corrected chi connectivity index (χ4v) is 3.84. The van der Waals surface area contributed by atoms with Crippen molar-refractivity contribution in [3.8, 4) is 22.6 Å². The predicted octanol–water partition coefficient (Wildman–Crippen LogP) is 3.65. The van der Waals surface area contributed by atoms with Crippen molar-refractivity contribution in [1.29, 1.82) is 0 Å². The fraction of sp³-hybridized carbons (Fsp3) is 0.120. The first kappa shape index (κ1) is 21.1. The summed E-state index contributed by atoms with van der Waals surface area (Å²) in [5.41, 5.74) is 11.9. The van der Waals surface area contributed by atoms with Crippen molar-refractivity contribution in [3.63, 3.8) is 0 Å². The number of aryl methyl sites for hydroxylation is 2. The van der Waals surface area contributed by atoms with Gasteiger partial charge in [0.1, 0.15) is 0 Å². The first-order valence-electron chi connectivity index (χ1n) is 10.1. The van der Waals surface area contributed by atoms with Crippen LogP contribution >= 0.6 is 0 Å². The predicted molar refractivity (Wildman–Crippen MR) is 123 cm³/mol. The summed E-state index contributed by atoms with van der Waals surface area (Å²) in [6.45, 7) is 4.29. The molecule has 1 aliphatic rings. The number of phenolic OH excluding ortho intramolecular Hbond substituents is 2. The lowest BCUT2D eigenvalue weighted by molar-refractivity contribution is -0.110. The van der Waals surface area contributed by atoms with E-state index < -0.39 is 5.91 Å². The first-order valence-corrected chi connectivity index (χ1v) is 10.1. The van der Waals surface area contributed by atoms with E-state index in [9.17, 15) is 19.8 Å². The molecule has 0 saturated heterocycles. The highest BCUT2D eigenvalue weighted by molar-refractivity contribution is 6.33. The van der Waals surface area contributed by atoms with Gasteiger partial charge in [-0.1, -0.05) is 47.5 Å². The molecule has 162 valence electrons. The quantitative estimate of drug-likeness (QED) is 0.184. The molecule has 1 heterocycles. The molecule has 0 spiro atoms. The zero-order valence-corrected chi connectivity index (χ0v) is 17.7. The summed E-state index contributed by atoms with van der Waals surface area (Å²) in [6, 6.07) is 15.9. The van der Waals surface area contributed by atoms with E-state index in [0.29, 0.717) is 5.57 Å². The summed E-state index contributed by atoms with van der Waals surface area (Å²) in [5, 5.41) is 21.8. The molecule has 32 heavy (non-hydrogen) atoms. The highest BCUT2D eigenvalue weighted by atomic mass is 16.3. The summed E-state index contributed by atoms with van der Waals surface area (Å²) < 4.78 is 0. The van der Waals surface area contributed by atoms with Crippen LogP contribution in [0.3, 0.4) is 0 Å².